The van der Waals surface area contributed by atoms with Crippen LogP contribution in [0.5, 0.6) is 0 Å². The van der Waals surface area contributed by atoms with Crippen LogP contribution in [0.4, 0.5) is 5.00 Å². The van der Waals surface area contributed by atoms with E-state index in [2.05, 4.69) is 5.32 Å². The van der Waals surface area contributed by atoms with Gasteiger partial charge in [0.1, 0.15) is 5.00 Å². The molecule has 1 fully saturated rings. The van der Waals surface area contributed by atoms with Gasteiger partial charge in [0.15, 0.2) is 0 Å². The van der Waals surface area contributed by atoms with Crippen molar-refractivity contribution >= 4 is 38.2 Å². The minimum atomic E-state index is -3.67. The van der Waals surface area contributed by atoms with Crippen molar-refractivity contribution in [3.63, 3.8) is 0 Å². The number of hydrogen-bond donors (Lipinski definition) is 2. The van der Waals surface area contributed by atoms with Gasteiger partial charge in [0, 0.05) is 18.0 Å². The second kappa shape index (κ2) is 9.23. The predicted octanol–water partition coefficient (Wildman–Crippen LogP) is 3.55. The van der Waals surface area contributed by atoms with E-state index in [1.807, 2.05) is 30.3 Å². The second-order valence-electron chi connectivity index (χ2n) is 7.59. The smallest absolute Gasteiger partial charge is 0.251 e. The molecular weight excluding hydrogens is 446 g/mol. The standard InChI is InChI=1S/C23H23N3O4S2/c24-21(27)19-14-20(16-8-3-1-4-9-16)31-23(19)25-22(28)17-10-7-13-26(15-17)32(29,30)18-11-5-2-6-12-18/h1-6,8-9,11-12,14,17H,7,10,13,15H2,(H2,24,27)(H,25,28). The molecule has 3 aromatic rings. The number of nitrogens with zero attached hydrogens (tertiary/aromatic N) is 1. The molecule has 3 N–H and O–H groups in total. The van der Waals surface area contributed by atoms with Crippen LogP contribution < -0.4 is 11.1 Å². The number of thiophene rings is 1. The molecule has 2 heterocycles. The van der Waals surface area contributed by atoms with Gasteiger partial charge in [-0.25, -0.2) is 8.42 Å². The number of hydrogen-bond acceptors (Lipinski definition) is 5. The zero-order valence-electron chi connectivity index (χ0n) is 17.2. The molecular formula is C23H23N3O4S2. The van der Waals surface area contributed by atoms with E-state index in [1.54, 1.807) is 36.4 Å². The summed E-state index contributed by atoms with van der Waals surface area (Å²) in [6.45, 7) is 0.455. The molecule has 0 aliphatic carbocycles. The molecule has 0 radical (unpaired) electrons. The van der Waals surface area contributed by atoms with Crippen LogP contribution in [0.25, 0.3) is 10.4 Å². The van der Waals surface area contributed by atoms with E-state index < -0.39 is 21.8 Å². The molecule has 1 aliphatic rings. The van der Waals surface area contributed by atoms with E-state index in [-0.39, 0.29) is 22.9 Å². The van der Waals surface area contributed by atoms with E-state index in [1.165, 1.54) is 15.6 Å². The van der Waals surface area contributed by atoms with Crippen molar-refractivity contribution in [2.45, 2.75) is 17.7 Å². The molecule has 1 aromatic heterocycles. The average Bonchev–Trinajstić information content (AvgIpc) is 3.24. The molecule has 9 heteroatoms. The molecule has 2 amide bonds. The minimum Gasteiger partial charge on any atom is -0.366 e. The third-order valence-electron chi connectivity index (χ3n) is 5.43. The van der Waals surface area contributed by atoms with Crippen molar-refractivity contribution in [2.24, 2.45) is 11.7 Å². The molecule has 1 saturated heterocycles. The highest BCUT2D eigenvalue weighted by Gasteiger charge is 2.33. The van der Waals surface area contributed by atoms with Crippen LogP contribution in [0.3, 0.4) is 0 Å². The zero-order chi connectivity index (χ0) is 22.7. The van der Waals surface area contributed by atoms with Crippen molar-refractivity contribution in [3.8, 4) is 10.4 Å². The summed E-state index contributed by atoms with van der Waals surface area (Å²) >= 11 is 1.27. The number of rotatable bonds is 6. The van der Waals surface area contributed by atoms with Gasteiger partial charge in [-0.3, -0.25) is 9.59 Å². The number of nitrogens with one attached hydrogen (secondary N) is 1. The first-order valence-corrected chi connectivity index (χ1v) is 12.5. The van der Waals surface area contributed by atoms with E-state index in [9.17, 15) is 18.0 Å². The molecule has 1 aliphatic heterocycles. The van der Waals surface area contributed by atoms with Gasteiger partial charge >= 0.3 is 0 Å². The monoisotopic (exact) mass is 469 g/mol. The Morgan fingerprint density at radius 3 is 2.34 bits per heavy atom. The van der Waals surface area contributed by atoms with Gasteiger partial charge < -0.3 is 11.1 Å². The van der Waals surface area contributed by atoms with Crippen LogP contribution in [-0.4, -0.2) is 37.6 Å². The van der Waals surface area contributed by atoms with E-state index in [0.29, 0.717) is 24.4 Å². The number of piperidine rings is 1. The second-order valence-corrected chi connectivity index (χ2v) is 10.6. The lowest BCUT2D eigenvalue weighted by Crippen LogP contribution is -2.43. The fourth-order valence-electron chi connectivity index (χ4n) is 3.74. The summed E-state index contributed by atoms with van der Waals surface area (Å²) in [6.07, 6.45) is 1.14. The van der Waals surface area contributed by atoms with Crippen molar-refractivity contribution < 1.29 is 18.0 Å². The average molecular weight is 470 g/mol. The first-order chi connectivity index (χ1) is 15.4. The maximum atomic E-state index is 13.0. The van der Waals surface area contributed by atoms with Gasteiger partial charge in [-0.15, -0.1) is 11.3 Å². The van der Waals surface area contributed by atoms with Crippen LogP contribution >= 0.6 is 11.3 Å². The third-order valence-corrected chi connectivity index (χ3v) is 8.41. The Bertz CT molecular complexity index is 1220. The lowest BCUT2D eigenvalue weighted by atomic mass is 9.99. The van der Waals surface area contributed by atoms with E-state index in [4.69, 9.17) is 5.73 Å². The number of nitrogens with two attached hydrogens (primary N) is 1. The van der Waals surface area contributed by atoms with Gasteiger partial charge in [0.2, 0.25) is 15.9 Å². The highest BCUT2D eigenvalue weighted by molar-refractivity contribution is 7.89. The quantitative estimate of drug-likeness (QED) is 0.575. The largest absolute Gasteiger partial charge is 0.366 e. The van der Waals surface area contributed by atoms with Gasteiger partial charge in [-0.2, -0.15) is 4.31 Å². The Kier molecular flexibility index (Phi) is 6.40. The van der Waals surface area contributed by atoms with Crippen LogP contribution in [0, 0.1) is 5.92 Å². The number of sulfonamides is 1. The maximum absolute atomic E-state index is 13.0. The van der Waals surface area contributed by atoms with Gasteiger partial charge in [0.25, 0.3) is 5.91 Å². The number of benzene rings is 2. The van der Waals surface area contributed by atoms with Gasteiger partial charge in [-0.05, 0) is 36.6 Å². The van der Waals surface area contributed by atoms with Crippen molar-refractivity contribution in [1.29, 1.82) is 0 Å². The number of carbonyl (C=O) groups is 2. The van der Waals surface area contributed by atoms with Crippen LogP contribution in [0.1, 0.15) is 23.2 Å². The number of primary amides is 1. The first-order valence-electron chi connectivity index (χ1n) is 10.2. The van der Waals surface area contributed by atoms with Crippen LogP contribution in [0.15, 0.2) is 71.6 Å². The number of amides is 2. The normalized spacial score (nSPS) is 17.1. The predicted molar refractivity (Wildman–Crippen MR) is 125 cm³/mol. The van der Waals surface area contributed by atoms with Crippen molar-refractivity contribution in [3.05, 3.63) is 72.3 Å². The molecule has 1 atom stereocenters. The zero-order valence-corrected chi connectivity index (χ0v) is 18.9. The topological polar surface area (TPSA) is 110 Å². The lowest BCUT2D eigenvalue weighted by molar-refractivity contribution is -0.120. The van der Waals surface area contributed by atoms with Gasteiger partial charge in [-0.1, -0.05) is 48.5 Å². The molecule has 32 heavy (non-hydrogen) atoms. The summed E-state index contributed by atoms with van der Waals surface area (Å²) in [5.74, 6) is -1.47. The minimum absolute atomic E-state index is 0.0892. The number of carbonyl (C=O) groups excluding carboxylic acids is 2. The summed E-state index contributed by atoms with van der Waals surface area (Å²) in [5, 5.41) is 3.20. The highest BCUT2D eigenvalue weighted by atomic mass is 32.2. The van der Waals surface area contributed by atoms with E-state index >= 15 is 0 Å². The summed E-state index contributed by atoms with van der Waals surface area (Å²) in [7, 11) is -3.67. The molecule has 166 valence electrons. The fourth-order valence-corrected chi connectivity index (χ4v) is 6.36. The molecule has 7 nitrogen and oxygen atoms in total. The lowest BCUT2D eigenvalue weighted by Gasteiger charge is -2.31. The van der Waals surface area contributed by atoms with Gasteiger partial charge in [0.05, 0.1) is 16.4 Å². The molecule has 0 spiro atoms. The fraction of sp³-hybridized carbons (Fsp3) is 0.217. The molecule has 2 aromatic carbocycles. The Hall–Kier alpha value is -3.01. The highest BCUT2D eigenvalue weighted by Crippen LogP contribution is 2.36. The van der Waals surface area contributed by atoms with Crippen molar-refractivity contribution in [2.75, 3.05) is 18.4 Å². The Labute approximate surface area is 190 Å². The maximum Gasteiger partial charge on any atom is 0.251 e. The Morgan fingerprint density at radius 1 is 1.03 bits per heavy atom. The summed E-state index contributed by atoms with van der Waals surface area (Å²) in [6, 6.07) is 19.4. The summed E-state index contributed by atoms with van der Waals surface area (Å²) < 4.78 is 27.3. The third kappa shape index (κ3) is 4.59. The first kappa shape index (κ1) is 22.2. The molecule has 4 rings (SSSR count). The SMILES string of the molecule is NC(=O)c1cc(-c2ccccc2)sc1NC(=O)C1CCCN(S(=O)(=O)c2ccccc2)C1. The number of anilines is 1. The van der Waals surface area contributed by atoms with Crippen LogP contribution in [0.2, 0.25) is 0 Å². The summed E-state index contributed by atoms with van der Waals surface area (Å²) in [5.41, 5.74) is 6.69. The van der Waals surface area contributed by atoms with E-state index in [0.717, 1.165) is 10.4 Å². The molecule has 0 bridgehead atoms. The summed E-state index contributed by atoms with van der Waals surface area (Å²) in [4.78, 5) is 26.0. The Balaban J connectivity index is 1.53. The Morgan fingerprint density at radius 2 is 1.69 bits per heavy atom. The van der Waals surface area contributed by atoms with Crippen molar-refractivity contribution in [1.82, 2.24) is 4.31 Å². The molecule has 0 saturated carbocycles. The molecule has 1 unspecified atom stereocenters. The van der Waals surface area contributed by atoms with Crippen LogP contribution in [-0.2, 0) is 14.8 Å².